The van der Waals surface area contributed by atoms with Gasteiger partial charge in [-0.2, -0.15) is 8.42 Å². The van der Waals surface area contributed by atoms with Gasteiger partial charge in [0.1, 0.15) is 5.75 Å². The molecule has 2 aromatic rings. The van der Waals surface area contributed by atoms with Gasteiger partial charge in [0.25, 0.3) is 10.1 Å². The van der Waals surface area contributed by atoms with Gasteiger partial charge in [0.15, 0.2) is 0 Å². The van der Waals surface area contributed by atoms with E-state index in [0.29, 0.717) is 0 Å². The third-order valence-corrected chi connectivity index (χ3v) is 6.73. The fourth-order valence-corrected chi connectivity index (χ4v) is 4.84. The second-order valence-electron chi connectivity index (χ2n) is 6.64. The van der Waals surface area contributed by atoms with Gasteiger partial charge >= 0.3 is 0 Å². The van der Waals surface area contributed by atoms with Gasteiger partial charge in [0.05, 0.1) is 18.1 Å². The lowest BCUT2D eigenvalue weighted by Crippen LogP contribution is -2.31. The van der Waals surface area contributed by atoms with Crippen molar-refractivity contribution < 1.29 is 17.3 Å². The first-order valence-corrected chi connectivity index (χ1v) is 11.0. The number of methoxy groups -OCH3 is 1. The van der Waals surface area contributed by atoms with Gasteiger partial charge in [0, 0.05) is 4.47 Å². The number of hydrogen-bond acceptors (Lipinski definition) is 4. The minimum Gasteiger partial charge on any atom is -0.497 e. The number of halogens is 1. The van der Waals surface area contributed by atoms with E-state index in [0.717, 1.165) is 42.3 Å². The predicted octanol–water partition coefficient (Wildman–Crippen LogP) is 4.96. The number of hydrogen-bond donors (Lipinski definition) is 0. The average Bonchev–Trinajstić information content (AvgIpc) is 2.64. The van der Waals surface area contributed by atoms with Crippen LogP contribution in [0.5, 0.6) is 5.75 Å². The maximum absolute atomic E-state index is 12.6. The highest BCUT2D eigenvalue weighted by molar-refractivity contribution is 9.10. The van der Waals surface area contributed by atoms with Crippen molar-refractivity contribution in [1.82, 2.24) is 0 Å². The molecular weight excluding hydrogens is 416 g/mol. The lowest BCUT2D eigenvalue weighted by atomic mass is 9.82. The molecule has 140 valence electrons. The largest absolute Gasteiger partial charge is 0.497 e. The molecule has 1 aliphatic carbocycles. The van der Waals surface area contributed by atoms with Crippen LogP contribution in [0, 0.1) is 5.92 Å². The first-order valence-electron chi connectivity index (χ1n) is 8.80. The molecule has 0 unspecified atom stereocenters. The van der Waals surface area contributed by atoms with Crippen molar-refractivity contribution in [1.29, 1.82) is 0 Å². The maximum atomic E-state index is 12.6. The van der Waals surface area contributed by atoms with Crippen LogP contribution in [0.15, 0.2) is 57.9 Å². The molecule has 0 N–H and O–H groups in total. The van der Waals surface area contributed by atoms with E-state index in [1.54, 1.807) is 31.4 Å². The summed E-state index contributed by atoms with van der Waals surface area (Å²) in [5.41, 5.74) is 1.17. The summed E-state index contributed by atoms with van der Waals surface area (Å²) in [5, 5.41) is 0. The van der Waals surface area contributed by atoms with Crippen LogP contribution in [0.3, 0.4) is 0 Å². The molecule has 0 bridgehead atoms. The molecule has 1 fully saturated rings. The van der Waals surface area contributed by atoms with Crippen LogP contribution < -0.4 is 4.74 Å². The Hall–Kier alpha value is -1.37. The molecular formula is C20H23BrO4S. The molecule has 26 heavy (non-hydrogen) atoms. The predicted molar refractivity (Wildman–Crippen MR) is 105 cm³/mol. The Morgan fingerprint density at radius 3 is 2.31 bits per heavy atom. The molecule has 2 atom stereocenters. The van der Waals surface area contributed by atoms with Gasteiger partial charge in [-0.3, -0.25) is 4.18 Å². The molecule has 0 aliphatic heterocycles. The first-order chi connectivity index (χ1) is 12.5. The van der Waals surface area contributed by atoms with Crippen molar-refractivity contribution in [3.05, 3.63) is 58.6 Å². The second kappa shape index (κ2) is 8.55. The minimum absolute atomic E-state index is 0.197. The third kappa shape index (κ3) is 4.87. The fraction of sp³-hybridized carbons (Fsp3) is 0.400. The van der Waals surface area contributed by atoms with E-state index in [9.17, 15) is 8.42 Å². The molecule has 1 aliphatic rings. The molecule has 0 heterocycles. The van der Waals surface area contributed by atoms with Crippen LogP contribution in [-0.4, -0.2) is 21.6 Å². The number of benzene rings is 2. The summed E-state index contributed by atoms with van der Waals surface area (Å²) in [4.78, 5) is 0.203. The minimum atomic E-state index is -3.75. The molecule has 0 spiro atoms. The van der Waals surface area contributed by atoms with E-state index in [2.05, 4.69) is 15.9 Å². The van der Waals surface area contributed by atoms with Gasteiger partial charge in [-0.05, 0) is 67.1 Å². The highest BCUT2D eigenvalue weighted by Crippen LogP contribution is 2.32. The molecule has 3 rings (SSSR count). The quantitative estimate of drug-likeness (QED) is 0.597. The normalized spacial score (nSPS) is 20.7. The summed E-state index contributed by atoms with van der Waals surface area (Å²) < 4.78 is 37.0. The SMILES string of the molecule is COc1ccc(C[C@@H]2CCCC[C@H]2OS(=O)(=O)c2ccc(Br)cc2)cc1. The van der Waals surface area contributed by atoms with Crippen LogP contribution in [0.25, 0.3) is 0 Å². The van der Waals surface area contributed by atoms with E-state index < -0.39 is 10.1 Å². The van der Waals surface area contributed by atoms with Crippen LogP contribution in [0.1, 0.15) is 31.2 Å². The second-order valence-corrected chi connectivity index (χ2v) is 9.13. The topological polar surface area (TPSA) is 52.6 Å². The van der Waals surface area contributed by atoms with E-state index in [-0.39, 0.29) is 16.9 Å². The fourth-order valence-electron chi connectivity index (χ4n) is 3.42. The molecule has 0 saturated heterocycles. The molecule has 0 radical (unpaired) electrons. The molecule has 4 nitrogen and oxygen atoms in total. The van der Waals surface area contributed by atoms with Gasteiger partial charge < -0.3 is 4.74 Å². The summed E-state index contributed by atoms with van der Waals surface area (Å²) in [6.07, 6.45) is 4.39. The average molecular weight is 439 g/mol. The van der Waals surface area contributed by atoms with Crippen molar-refractivity contribution in [3.63, 3.8) is 0 Å². The highest BCUT2D eigenvalue weighted by Gasteiger charge is 2.31. The van der Waals surface area contributed by atoms with Gasteiger partial charge in [-0.25, -0.2) is 0 Å². The van der Waals surface area contributed by atoms with Gasteiger partial charge in [0.2, 0.25) is 0 Å². The maximum Gasteiger partial charge on any atom is 0.297 e. The molecule has 1 saturated carbocycles. The lowest BCUT2D eigenvalue weighted by molar-refractivity contribution is 0.0989. The Morgan fingerprint density at radius 1 is 1.00 bits per heavy atom. The monoisotopic (exact) mass is 438 g/mol. The van der Waals surface area contributed by atoms with Crippen molar-refractivity contribution in [3.8, 4) is 5.75 Å². The first kappa shape index (κ1) is 19.4. The number of ether oxygens (including phenoxy) is 1. The Balaban J connectivity index is 1.72. The van der Waals surface area contributed by atoms with Crippen molar-refractivity contribution >= 4 is 26.0 Å². The Kier molecular flexibility index (Phi) is 6.37. The van der Waals surface area contributed by atoms with Crippen molar-refractivity contribution in [2.75, 3.05) is 7.11 Å². The number of rotatable bonds is 6. The van der Waals surface area contributed by atoms with Crippen LogP contribution in [-0.2, 0) is 20.7 Å². The van der Waals surface area contributed by atoms with Crippen LogP contribution in [0.4, 0.5) is 0 Å². The Labute approximate surface area is 163 Å². The Bertz CT molecular complexity index is 816. The van der Waals surface area contributed by atoms with E-state index in [1.165, 1.54) is 5.56 Å². The molecule has 0 amide bonds. The summed E-state index contributed by atoms with van der Waals surface area (Å²) in [5.74, 6) is 1.02. The lowest BCUT2D eigenvalue weighted by Gasteiger charge is -2.31. The summed E-state index contributed by atoms with van der Waals surface area (Å²) in [6.45, 7) is 0. The molecule has 6 heteroatoms. The molecule has 0 aromatic heterocycles. The zero-order chi connectivity index (χ0) is 18.6. The zero-order valence-corrected chi connectivity index (χ0v) is 17.1. The van der Waals surface area contributed by atoms with E-state index >= 15 is 0 Å². The van der Waals surface area contributed by atoms with Crippen molar-refractivity contribution in [2.45, 2.75) is 43.1 Å². The van der Waals surface area contributed by atoms with Crippen LogP contribution in [0.2, 0.25) is 0 Å². The standard InChI is InChI=1S/C20H23BrO4S/c1-24-18-10-6-15(7-11-18)14-16-4-2-3-5-20(16)25-26(22,23)19-12-8-17(21)9-13-19/h6-13,16,20H,2-5,14H2,1H3/t16-,20+/m0/s1. The highest BCUT2D eigenvalue weighted by atomic mass is 79.9. The van der Waals surface area contributed by atoms with E-state index in [1.807, 2.05) is 24.3 Å². The van der Waals surface area contributed by atoms with E-state index in [4.69, 9.17) is 8.92 Å². The summed E-state index contributed by atoms with van der Waals surface area (Å²) in [6, 6.07) is 14.5. The van der Waals surface area contributed by atoms with Gasteiger partial charge in [-0.15, -0.1) is 0 Å². The summed E-state index contributed by atoms with van der Waals surface area (Å²) in [7, 11) is -2.11. The molecule has 2 aromatic carbocycles. The summed E-state index contributed by atoms with van der Waals surface area (Å²) >= 11 is 3.32. The van der Waals surface area contributed by atoms with Crippen molar-refractivity contribution in [2.24, 2.45) is 5.92 Å². The zero-order valence-electron chi connectivity index (χ0n) is 14.7. The third-order valence-electron chi connectivity index (χ3n) is 4.85. The van der Waals surface area contributed by atoms with Crippen LogP contribution >= 0.6 is 15.9 Å². The smallest absolute Gasteiger partial charge is 0.297 e. The Morgan fingerprint density at radius 2 is 1.65 bits per heavy atom. The van der Waals surface area contributed by atoms with Gasteiger partial charge in [-0.1, -0.05) is 40.9 Å².